The van der Waals surface area contributed by atoms with Gasteiger partial charge in [-0.15, -0.1) is 10.2 Å². The number of hydrogen-bond acceptors (Lipinski definition) is 5. The fourth-order valence-corrected chi connectivity index (χ4v) is 2.43. The van der Waals surface area contributed by atoms with E-state index in [1.165, 1.54) is 27.0 Å². The van der Waals surface area contributed by atoms with Crippen LogP contribution in [0.3, 0.4) is 0 Å². The van der Waals surface area contributed by atoms with Gasteiger partial charge in [-0.3, -0.25) is 4.84 Å². The van der Waals surface area contributed by atoms with Crippen molar-refractivity contribution in [2.45, 2.75) is 38.7 Å². The molecule has 2 unspecified atom stereocenters. The number of hydroxylamine groups is 2. The van der Waals surface area contributed by atoms with Gasteiger partial charge in [0, 0.05) is 5.56 Å². The van der Waals surface area contributed by atoms with Crippen molar-refractivity contribution in [3.8, 4) is 0 Å². The Kier molecular flexibility index (Phi) is 4.05. The quantitative estimate of drug-likeness (QED) is 0.920. The molecule has 0 aromatic carbocycles. The predicted molar refractivity (Wildman–Crippen MR) is 73.4 cm³/mol. The van der Waals surface area contributed by atoms with Gasteiger partial charge in [0.2, 0.25) is 0 Å². The van der Waals surface area contributed by atoms with Crippen LogP contribution in [-0.2, 0) is 10.5 Å². The zero-order valence-corrected chi connectivity index (χ0v) is 12.8. The van der Waals surface area contributed by atoms with Crippen molar-refractivity contribution in [1.29, 1.82) is 0 Å². The highest BCUT2D eigenvalue weighted by Crippen LogP contribution is 2.33. The third-order valence-electron chi connectivity index (χ3n) is 3.28. The van der Waals surface area contributed by atoms with Crippen molar-refractivity contribution < 1.29 is 19.1 Å². The first-order valence-corrected chi connectivity index (χ1v) is 6.63. The minimum absolute atomic E-state index is 0.00373. The molecule has 116 valence electrons. The van der Waals surface area contributed by atoms with Gasteiger partial charge in [0.25, 0.3) is 0 Å². The lowest BCUT2D eigenvalue weighted by Crippen LogP contribution is -2.36. The number of rotatable bonds is 3. The highest BCUT2D eigenvalue weighted by molar-refractivity contribution is 6.30. The number of amides is 2. The predicted octanol–water partition coefficient (Wildman–Crippen LogP) is 1.84. The number of carbonyl (C=O) groups is 1. The monoisotopic (exact) mass is 318 g/mol. The van der Waals surface area contributed by atoms with Gasteiger partial charge in [0.05, 0.1) is 7.11 Å². The average Bonchev–Trinajstić information content (AvgIpc) is 2.60. The maximum Gasteiger partial charge on any atom is 0.352 e. The number of alkyl halides is 1. The van der Waals surface area contributed by atoms with E-state index < -0.39 is 24.0 Å². The summed E-state index contributed by atoms with van der Waals surface area (Å²) in [5.41, 5.74) is -1.68. The van der Waals surface area contributed by atoms with E-state index in [9.17, 15) is 14.3 Å². The lowest BCUT2D eigenvalue weighted by Gasteiger charge is -2.21. The van der Waals surface area contributed by atoms with Crippen LogP contribution in [-0.4, -0.2) is 45.8 Å². The van der Waals surface area contributed by atoms with Crippen LogP contribution in [0.1, 0.15) is 26.3 Å². The topological polar surface area (TPSA) is 78.8 Å². The first-order valence-electron chi connectivity index (χ1n) is 6.25. The van der Waals surface area contributed by atoms with Crippen LogP contribution in [0, 0.1) is 0 Å². The van der Waals surface area contributed by atoms with Crippen molar-refractivity contribution >= 4 is 23.4 Å². The Balaban J connectivity index is 2.46. The molecule has 1 aliphatic rings. The third kappa shape index (κ3) is 2.66. The molecule has 2 heterocycles. The van der Waals surface area contributed by atoms with Crippen LogP contribution < -0.4 is 4.90 Å². The summed E-state index contributed by atoms with van der Waals surface area (Å²) in [6.45, 7) is 4.23. The molecule has 21 heavy (non-hydrogen) atoms. The second-order valence-corrected chi connectivity index (χ2v) is 5.55. The second-order valence-electron chi connectivity index (χ2n) is 5.19. The summed E-state index contributed by atoms with van der Waals surface area (Å²) < 4.78 is 14.1. The molecule has 1 saturated heterocycles. The second kappa shape index (κ2) is 5.36. The molecule has 1 fully saturated rings. The standard InChI is InChI=1S/C12H16ClFN4O3/c1-6-10(19)17(11(20)18(6)21-4)8-5-7(12(2,3)14)9(13)16-15-8/h5-6,10,19H,1-4H3. The summed E-state index contributed by atoms with van der Waals surface area (Å²) in [4.78, 5) is 18.1. The molecular formula is C12H16ClFN4O3. The zero-order valence-electron chi connectivity index (χ0n) is 12.0. The molecule has 1 aromatic heterocycles. The van der Waals surface area contributed by atoms with Gasteiger partial charge in [-0.25, -0.2) is 14.1 Å². The largest absolute Gasteiger partial charge is 0.371 e. The van der Waals surface area contributed by atoms with E-state index in [-0.39, 0.29) is 16.5 Å². The minimum atomic E-state index is -1.76. The van der Waals surface area contributed by atoms with E-state index in [4.69, 9.17) is 16.4 Å². The summed E-state index contributed by atoms with van der Waals surface area (Å²) in [5.74, 6) is 0.00373. The van der Waals surface area contributed by atoms with Gasteiger partial charge >= 0.3 is 6.03 Å². The summed E-state index contributed by atoms with van der Waals surface area (Å²) in [5, 5.41) is 18.4. The smallest absolute Gasteiger partial charge is 0.352 e. The molecule has 1 aliphatic heterocycles. The van der Waals surface area contributed by atoms with Crippen molar-refractivity contribution in [2.24, 2.45) is 0 Å². The maximum absolute atomic E-state index is 14.1. The van der Waals surface area contributed by atoms with Gasteiger partial charge < -0.3 is 5.11 Å². The fourth-order valence-electron chi connectivity index (χ4n) is 2.11. The van der Waals surface area contributed by atoms with Crippen LogP contribution in [0.25, 0.3) is 0 Å². The Hall–Kier alpha value is -1.51. The number of nitrogens with zero attached hydrogens (tertiary/aromatic N) is 4. The third-order valence-corrected chi connectivity index (χ3v) is 3.56. The molecular weight excluding hydrogens is 303 g/mol. The SMILES string of the molecule is CON1C(=O)N(c2cc(C(C)(C)F)c(Cl)nn2)C(O)C1C. The van der Waals surface area contributed by atoms with E-state index in [2.05, 4.69) is 10.2 Å². The summed E-state index contributed by atoms with van der Waals surface area (Å²) in [6, 6.07) is 0.0704. The average molecular weight is 319 g/mol. The lowest BCUT2D eigenvalue weighted by molar-refractivity contribution is -0.111. The number of urea groups is 1. The first-order chi connectivity index (χ1) is 9.68. The highest BCUT2D eigenvalue weighted by atomic mass is 35.5. The van der Waals surface area contributed by atoms with E-state index >= 15 is 0 Å². The molecule has 1 N–H and O–H groups in total. The fraction of sp³-hybridized carbons (Fsp3) is 0.583. The normalized spacial score (nSPS) is 23.1. The number of aliphatic hydroxyl groups excluding tert-OH is 1. The van der Waals surface area contributed by atoms with Crippen LogP contribution >= 0.6 is 11.6 Å². The van der Waals surface area contributed by atoms with Gasteiger partial charge in [0.15, 0.2) is 17.2 Å². The molecule has 0 bridgehead atoms. The summed E-state index contributed by atoms with van der Waals surface area (Å²) >= 11 is 5.83. The van der Waals surface area contributed by atoms with Crippen LogP contribution in [0.15, 0.2) is 6.07 Å². The van der Waals surface area contributed by atoms with Crippen LogP contribution in [0.4, 0.5) is 15.0 Å². The number of anilines is 1. The molecule has 1 aromatic rings. The van der Waals surface area contributed by atoms with E-state index in [0.717, 1.165) is 9.96 Å². The van der Waals surface area contributed by atoms with Crippen molar-refractivity contribution in [1.82, 2.24) is 15.3 Å². The van der Waals surface area contributed by atoms with Gasteiger partial charge in [0.1, 0.15) is 11.7 Å². The Morgan fingerprint density at radius 1 is 1.48 bits per heavy atom. The molecule has 9 heteroatoms. The van der Waals surface area contributed by atoms with E-state index in [1.807, 2.05) is 0 Å². The number of aromatic nitrogens is 2. The van der Waals surface area contributed by atoms with Crippen LogP contribution in [0.5, 0.6) is 0 Å². The number of aliphatic hydroxyl groups is 1. The molecule has 2 amide bonds. The number of hydrogen-bond donors (Lipinski definition) is 1. The van der Waals surface area contributed by atoms with Crippen LogP contribution in [0.2, 0.25) is 5.15 Å². The lowest BCUT2D eigenvalue weighted by atomic mass is 10.0. The van der Waals surface area contributed by atoms with Gasteiger partial charge in [-0.05, 0) is 26.8 Å². The Bertz CT molecular complexity index is 566. The Labute approximate surface area is 126 Å². The number of carbonyl (C=O) groups excluding carboxylic acids is 1. The minimum Gasteiger partial charge on any atom is -0.371 e. The molecule has 0 radical (unpaired) electrons. The Morgan fingerprint density at radius 3 is 2.57 bits per heavy atom. The zero-order chi connectivity index (χ0) is 15.9. The van der Waals surface area contributed by atoms with E-state index in [0.29, 0.717) is 0 Å². The molecule has 0 aliphatic carbocycles. The summed E-state index contributed by atoms with van der Waals surface area (Å²) in [7, 11) is 1.31. The van der Waals surface area contributed by atoms with Crippen molar-refractivity contribution in [3.63, 3.8) is 0 Å². The number of halogens is 2. The van der Waals surface area contributed by atoms with E-state index in [1.54, 1.807) is 6.92 Å². The molecule has 0 saturated carbocycles. The molecule has 2 atom stereocenters. The Morgan fingerprint density at radius 2 is 2.10 bits per heavy atom. The molecule has 0 spiro atoms. The maximum atomic E-state index is 14.1. The van der Waals surface area contributed by atoms with Gasteiger partial charge in [-0.1, -0.05) is 11.6 Å². The van der Waals surface area contributed by atoms with Crippen molar-refractivity contribution in [3.05, 3.63) is 16.8 Å². The summed E-state index contributed by atoms with van der Waals surface area (Å²) in [6.07, 6.45) is -1.19. The molecule has 7 nitrogen and oxygen atoms in total. The van der Waals surface area contributed by atoms with Crippen molar-refractivity contribution in [2.75, 3.05) is 12.0 Å². The molecule has 2 rings (SSSR count). The van der Waals surface area contributed by atoms with Gasteiger partial charge in [-0.2, -0.15) is 5.06 Å². The highest BCUT2D eigenvalue weighted by Gasteiger charge is 2.45. The first kappa shape index (κ1) is 15.9.